The van der Waals surface area contributed by atoms with Crippen molar-refractivity contribution in [2.45, 2.75) is 11.8 Å². The van der Waals surface area contributed by atoms with E-state index in [4.69, 9.17) is 6.11 Å². The van der Waals surface area contributed by atoms with Crippen LogP contribution in [-0.2, 0) is 4.74 Å². The highest BCUT2D eigenvalue weighted by Crippen LogP contribution is 2.17. The molecule has 1 aliphatic rings. The molecular weight excluding hydrogens is 108 g/mol. The van der Waals surface area contributed by atoms with E-state index in [2.05, 4.69) is 6.26 Å². The third kappa shape index (κ3) is 1.13. The van der Waals surface area contributed by atoms with Gasteiger partial charge < -0.3 is 11.0 Å². The molecule has 7 heavy (non-hydrogen) atoms. The molecule has 1 heterocycles. The van der Waals surface area contributed by atoms with Crippen molar-refractivity contribution in [2.24, 2.45) is 0 Å². The lowest BCUT2D eigenvalue weighted by Gasteiger charge is -2.13. The van der Waals surface area contributed by atoms with E-state index < -0.39 is 0 Å². The Kier molecular flexibility index (Phi) is 1.24. The molecule has 0 aromatic rings. The highest BCUT2D eigenvalue weighted by atomic mass is 32.2. The summed E-state index contributed by atoms with van der Waals surface area (Å²) in [6.45, 7) is 0. The second kappa shape index (κ2) is 2.26. The molecule has 2 atom stereocenters. The number of ether oxygens (including phenoxy) is 1. The average molecular weight is 116 g/mol. The zero-order valence-corrected chi connectivity index (χ0v) is 4.87. The molecule has 1 aliphatic heterocycles. The lowest BCUT2D eigenvalue weighted by molar-refractivity contribution is 0.232. The molecule has 40 valence electrons. The van der Waals surface area contributed by atoms with Gasteiger partial charge in [-0.15, -0.1) is 11.8 Å². The second-order valence-electron chi connectivity index (χ2n) is 1.20. The van der Waals surface area contributed by atoms with Crippen LogP contribution < -0.4 is 0 Å². The summed E-state index contributed by atoms with van der Waals surface area (Å²) in [4.78, 5) is 0. The van der Waals surface area contributed by atoms with Crippen molar-refractivity contribution in [3.63, 3.8) is 0 Å². The van der Waals surface area contributed by atoms with E-state index in [0.717, 1.165) is 0 Å². The number of hydrogen-bond donors (Lipinski definition) is 0. The zero-order chi connectivity index (χ0) is 5.98. The topological polar surface area (TPSA) is 9.23 Å². The summed E-state index contributed by atoms with van der Waals surface area (Å²) < 4.78 is 12.1. The molecule has 0 fully saturated rings. The van der Waals surface area contributed by atoms with E-state index in [1.807, 2.05) is 6.26 Å². The molecule has 0 saturated carbocycles. The first-order chi connectivity index (χ1) is 3.84. The molecular formula is C5H7OS-. The fraction of sp³-hybridized carbons (Fsp3) is 0.600. The first kappa shape index (κ1) is 3.84. The largest absolute Gasteiger partial charge is 0.684 e. The van der Waals surface area contributed by atoms with Crippen LogP contribution in [0.4, 0.5) is 0 Å². The predicted octanol–water partition coefficient (Wildman–Crippen LogP) is 1.41. The van der Waals surface area contributed by atoms with Crippen molar-refractivity contribution in [3.8, 4) is 0 Å². The highest BCUT2D eigenvalue weighted by Gasteiger charge is 1.98. The van der Waals surface area contributed by atoms with Gasteiger partial charge in [-0.05, 0) is 12.7 Å². The fourth-order valence-electron chi connectivity index (χ4n) is 0.390. The van der Waals surface area contributed by atoms with E-state index in [1.54, 1.807) is 6.08 Å². The summed E-state index contributed by atoms with van der Waals surface area (Å²) >= 11 is 1.54. The Morgan fingerprint density at radius 2 is 3.14 bits per heavy atom. The van der Waals surface area contributed by atoms with E-state index in [-0.39, 0.29) is 11.8 Å². The van der Waals surface area contributed by atoms with Gasteiger partial charge in [-0.25, -0.2) is 6.08 Å². The molecule has 0 amide bonds. The van der Waals surface area contributed by atoms with Gasteiger partial charge in [-0.2, -0.15) is 0 Å². The zero-order valence-electron chi connectivity index (χ0n) is 5.05. The molecule has 0 aromatic carbocycles. The van der Waals surface area contributed by atoms with Crippen molar-refractivity contribution < 1.29 is 6.11 Å². The van der Waals surface area contributed by atoms with Crippen LogP contribution >= 0.6 is 11.8 Å². The Hall–Kier alpha value is -0.110. The van der Waals surface area contributed by atoms with Crippen LogP contribution in [-0.4, -0.2) is 11.7 Å². The molecule has 0 spiro atoms. The summed E-state index contributed by atoms with van der Waals surface area (Å²) in [5.74, 6) is 0. The number of thioether (sulfide) groups is 1. The van der Waals surface area contributed by atoms with Gasteiger partial charge in [0.15, 0.2) is 0 Å². The van der Waals surface area contributed by atoms with Crippen LogP contribution in [0.5, 0.6) is 0 Å². The molecule has 0 saturated heterocycles. The monoisotopic (exact) mass is 116 g/mol. The van der Waals surface area contributed by atoms with Crippen molar-refractivity contribution >= 4 is 11.8 Å². The minimum atomic E-state index is -0.218. The molecule has 2 unspecified atom stereocenters. The van der Waals surface area contributed by atoms with Crippen LogP contribution in [0.3, 0.4) is 0 Å². The van der Waals surface area contributed by atoms with Crippen LogP contribution in [0.1, 0.15) is 7.77 Å². The smallest absolute Gasteiger partial charge is 0.106 e. The third-order valence-corrected chi connectivity index (χ3v) is 1.46. The summed E-state index contributed by atoms with van der Waals surface area (Å²) in [7, 11) is 0. The molecule has 1 rings (SSSR count). The standard InChI is InChI=1S/C5H7OS/c1-7-5-3-2-4-6-5/h2,5H,3H2,1H3/q-1/i3D. The molecule has 2 heteroatoms. The Morgan fingerprint density at radius 3 is 3.43 bits per heavy atom. The third-order valence-electron chi connectivity index (χ3n) is 0.738. The van der Waals surface area contributed by atoms with Gasteiger partial charge in [-0.1, -0.05) is 0 Å². The predicted molar refractivity (Wildman–Crippen MR) is 30.8 cm³/mol. The lowest BCUT2D eigenvalue weighted by atomic mass is 10.5. The Morgan fingerprint density at radius 1 is 2.29 bits per heavy atom. The second-order valence-corrected chi connectivity index (χ2v) is 2.13. The van der Waals surface area contributed by atoms with E-state index >= 15 is 0 Å². The summed E-state index contributed by atoms with van der Waals surface area (Å²) in [6.07, 6.45) is 5.87. The van der Waals surface area contributed by atoms with Gasteiger partial charge in [0.25, 0.3) is 0 Å². The van der Waals surface area contributed by atoms with Crippen LogP contribution in [0.15, 0.2) is 6.08 Å². The Labute approximate surface area is 49.1 Å². The van der Waals surface area contributed by atoms with Crippen molar-refractivity contribution in [1.82, 2.24) is 0 Å². The van der Waals surface area contributed by atoms with Crippen molar-refractivity contribution in [1.29, 1.82) is 0 Å². The fourth-order valence-corrected chi connectivity index (χ4v) is 0.778. The maximum atomic E-state index is 7.23. The molecule has 0 bridgehead atoms. The van der Waals surface area contributed by atoms with E-state index in [0.29, 0.717) is 0 Å². The van der Waals surface area contributed by atoms with Crippen LogP contribution in [0.25, 0.3) is 0 Å². The Balaban J connectivity index is 2.38. The molecule has 0 N–H and O–H groups in total. The number of rotatable bonds is 1. The lowest BCUT2D eigenvalue weighted by Crippen LogP contribution is -1.94. The average Bonchev–Trinajstić information content (AvgIpc) is 2.14. The summed E-state index contributed by atoms with van der Waals surface area (Å²) in [5.41, 5.74) is -0.0185. The SMILES string of the molecule is [2H]C1C=[C-]OC1SC. The minimum absolute atomic E-state index is 0.0185. The first-order valence-corrected chi connectivity index (χ1v) is 3.33. The summed E-state index contributed by atoms with van der Waals surface area (Å²) in [5, 5.41) is 0. The van der Waals surface area contributed by atoms with E-state index in [1.165, 1.54) is 11.8 Å². The molecule has 0 aliphatic carbocycles. The molecule has 1 nitrogen and oxygen atoms in total. The Bertz CT molecular complexity index is 105. The van der Waals surface area contributed by atoms with Gasteiger partial charge >= 0.3 is 0 Å². The van der Waals surface area contributed by atoms with Crippen LogP contribution in [0.2, 0.25) is 0 Å². The van der Waals surface area contributed by atoms with Gasteiger partial charge in [0.2, 0.25) is 0 Å². The maximum absolute atomic E-state index is 7.23. The van der Waals surface area contributed by atoms with Crippen molar-refractivity contribution in [2.75, 3.05) is 6.26 Å². The summed E-state index contributed by atoms with van der Waals surface area (Å²) in [6, 6.07) is 0. The van der Waals surface area contributed by atoms with Crippen molar-refractivity contribution in [3.05, 3.63) is 12.3 Å². The normalized spacial score (nSPS) is 40.4. The van der Waals surface area contributed by atoms with Gasteiger partial charge in [0.05, 0.1) is 0 Å². The minimum Gasteiger partial charge on any atom is -0.684 e. The van der Waals surface area contributed by atoms with Gasteiger partial charge in [0.1, 0.15) is 5.44 Å². The van der Waals surface area contributed by atoms with E-state index in [9.17, 15) is 0 Å². The quantitative estimate of drug-likeness (QED) is 0.479. The number of hydrogen-bond acceptors (Lipinski definition) is 2. The molecule has 0 radical (unpaired) electrons. The van der Waals surface area contributed by atoms with Crippen LogP contribution in [0, 0.1) is 6.26 Å². The van der Waals surface area contributed by atoms with Gasteiger partial charge in [0, 0.05) is 1.37 Å². The first-order valence-electron chi connectivity index (χ1n) is 2.62. The highest BCUT2D eigenvalue weighted by molar-refractivity contribution is 7.99. The van der Waals surface area contributed by atoms with Gasteiger partial charge in [-0.3, -0.25) is 0 Å². The molecule has 0 aromatic heterocycles. The maximum Gasteiger partial charge on any atom is 0.106 e.